The predicted octanol–water partition coefficient (Wildman–Crippen LogP) is 4.37. The fraction of sp³-hybridized carbons (Fsp3) is 0.250. The van der Waals surface area contributed by atoms with E-state index in [4.69, 9.17) is 4.74 Å². The molecular weight excluding hydrogens is 364 g/mol. The normalized spacial score (nSPS) is 12.0. The van der Waals surface area contributed by atoms with Crippen molar-refractivity contribution in [1.29, 1.82) is 0 Å². The average Bonchev–Trinajstić information content (AvgIpc) is 3.05. The number of rotatable bonds is 7. The van der Waals surface area contributed by atoms with Crippen LogP contribution in [0.3, 0.4) is 0 Å². The van der Waals surface area contributed by atoms with Gasteiger partial charge in [-0.25, -0.2) is 4.79 Å². The summed E-state index contributed by atoms with van der Waals surface area (Å²) in [6.07, 6.45) is 0. The molecule has 3 rings (SSSR count). The Morgan fingerprint density at radius 1 is 0.931 bits per heavy atom. The number of Topliss-reactive ketones (excluding diaryl/α,β-unsaturated/α-hetero) is 1. The van der Waals surface area contributed by atoms with Crippen molar-refractivity contribution in [2.45, 2.75) is 32.9 Å². The molecule has 0 aliphatic heterocycles. The van der Waals surface area contributed by atoms with E-state index in [1.165, 1.54) is 7.11 Å². The molecule has 3 aromatic rings. The number of ether oxygens (including phenoxy) is 1. The monoisotopic (exact) mass is 390 g/mol. The van der Waals surface area contributed by atoms with Gasteiger partial charge >= 0.3 is 5.97 Å². The van der Waals surface area contributed by atoms with Crippen LogP contribution in [0.2, 0.25) is 0 Å². The van der Waals surface area contributed by atoms with Gasteiger partial charge in [0, 0.05) is 5.69 Å². The van der Waals surface area contributed by atoms with Gasteiger partial charge in [0.2, 0.25) is 0 Å². The second-order valence-electron chi connectivity index (χ2n) is 7.12. The quantitative estimate of drug-likeness (QED) is 0.464. The van der Waals surface area contributed by atoms with E-state index in [9.17, 15) is 9.59 Å². The molecule has 5 nitrogen and oxygen atoms in total. The molecule has 1 heterocycles. The van der Waals surface area contributed by atoms with E-state index < -0.39 is 12.0 Å². The number of aromatic nitrogens is 1. The molecule has 0 saturated carbocycles. The number of H-pyrrole nitrogens is 1. The van der Waals surface area contributed by atoms with Crippen LogP contribution in [0.1, 0.15) is 56.2 Å². The number of carbonyl (C=O) groups is 2. The minimum atomic E-state index is -0.470. The Hall–Kier alpha value is -3.18. The zero-order valence-corrected chi connectivity index (χ0v) is 17.2. The molecule has 0 saturated heterocycles. The molecule has 0 amide bonds. The van der Waals surface area contributed by atoms with E-state index in [2.05, 4.69) is 10.3 Å². The van der Waals surface area contributed by atoms with Crippen molar-refractivity contribution in [3.8, 4) is 0 Å². The van der Waals surface area contributed by atoms with Crippen LogP contribution in [-0.2, 0) is 4.74 Å². The first-order valence-corrected chi connectivity index (χ1v) is 9.61. The molecule has 0 unspecified atom stereocenters. The number of aromatic amines is 1. The van der Waals surface area contributed by atoms with E-state index in [1.807, 2.05) is 67.6 Å². The zero-order chi connectivity index (χ0) is 21.0. The van der Waals surface area contributed by atoms with Crippen molar-refractivity contribution in [2.24, 2.45) is 0 Å². The molecule has 0 radical (unpaired) electrons. The lowest BCUT2D eigenvalue weighted by Gasteiger charge is -2.24. The average molecular weight is 390 g/mol. The molecule has 2 aromatic carbocycles. The van der Waals surface area contributed by atoms with Crippen molar-refractivity contribution in [3.05, 3.63) is 94.3 Å². The Morgan fingerprint density at radius 2 is 1.45 bits per heavy atom. The van der Waals surface area contributed by atoms with Gasteiger partial charge in [0.1, 0.15) is 0 Å². The molecular formula is C24H26N2O3. The largest absolute Gasteiger partial charge is 0.465 e. The summed E-state index contributed by atoms with van der Waals surface area (Å²) in [7, 11) is 1.34. The number of aryl methyl sites for hydroxylation is 1. The summed E-state index contributed by atoms with van der Waals surface area (Å²) in [6, 6.07) is 19.5. The molecule has 0 fully saturated rings. The lowest BCUT2D eigenvalue weighted by atomic mass is 9.96. The SMILES string of the molecule is COC(=O)c1c(C)[nH]c(C(=O)[C@@H](C)NC(c2ccccc2)c2ccccc2)c1C. The number of methoxy groups -OCH3 is 1. The summed E-state index contributed by atoms with van der Waals surface area (Å²) in [5, 5.41) is 3.46. The highest BCUT2D eigenvalue weighted by Gasteiger charge is 2.27. The summed E-state index contributed by atoms with van der Waals surface area (Å²) in [5.41, 5.74) is 4.26. The summed E-state index contributed by atoms with van der Waals surface area (Å²) < 4.78 is 4.85. The van der Waals surface area contributed by atoms with Gasteiger partial charge in [-0.15, -0.1) is 0 Å². The molecule has 5 heteroatoms. The van der Waals surface area contributed by atoms with Gasteiger partial charge in [-0.05, 0) is 37.5 Å². The summed E-state index contributed by atoms with van der Waals surface area (Å²) in [4.78, 5) is 28.3. The Morgan fingerprint density at radius 3 is 1.93 bits per heavy atom. The molecule has 0 aliphatic rings. The predicted molar refractivity (Wildman–Crippen MR) is 113 cm³/mol. The Labute approximate surface area is 171 Å². The molecule has 150 valence electrons. The Balaban J connectivity index is 1.90. The first kappa shape index (κ1) is 20.6. The third-order valence-electron chi connectivity index (χ3n) is 5.15. The van der Waals surface area contributed by atoms with Crippen LogP contribution >= 0.6 is 0 Å². The minimum Gasteiger partial charge on any atom is -0.465 e. The third-order valence-corrected chi connectivity index (χ3v) is 5.15. The first-order chi connectivity index (χ1) is 13.9. The van der Waals surface area contributed by atoms with Crippen molar-refractivity contribution < 1.29 is 14.3 Å². The summed E-state index contributed by atoms with van der Waals surface area (Å²) >= 11 is 0. The maximum atomic E-state index is 13.2. The van der Waals surface area contributed by atoms with Crippen LogP contribution in [-0.4, -0.2) is 29.9 Å². The van der Waals surface area contributed by atoms with Gasteiger partial charge in [0.15, 0.2) is 5.78 Å². The molecule has 29 heavy (non-hydrogen) atoms. The van der Waals surface area contributed by atoms with Crippen LogP contribution in [0.25, 0.3) is 0 Å². The number of nitrogens with one attached hydrogen (secondary N) is 2. The maximum Gasteiger partial charge on any atom is 0.339 e. The van der Waals surface area contributed by atoms with Gasteiger partial charge < -0.3 is 9.72 Å². The van der Waals surface area contributed by atoms with E-state index in [-0.39, 0.29) is 11.8 Å². The van der Waals surface area contributed by atoms with Crippen molar-refractivity contribution in [2.75, 3.05) is 7.11 Å². The minimum absolute atomic E-state index is 0.0994. The van der Waals surface area contributed by atoms with E-state index in [0.717, 1.165) is 11.1 Å². The summed E-state index contributed by atoms with van der Waals surface area (Å²) in [5.74, 6) is -0.542. The Kier molecular flexibility index (Phi) is 6.29. The van der Waals surface area contributed by atoms with Gasteiger partial charge in [-0.3, -0.25) is 10.1 Å². The smallest absolute Gasteiger partial charge is 0.339 e. The van der Waals surface area contributed by atoms with Crippen LogP contribution in [0.4, 0.5) is 0 Å². The highest BCUT2D eigenvalue weighted by atomic mass is 16.5. The molecule has 0 bridgehead atoms. The number of esters is 1. The van der Waals surface area contributed by atoms with Crippen LogP contribution in [0.15, 0.2) is 60.7 Å². The number of carbonyl (C=O) groups excluding carboxylic acids is 2. The fourth-order valence-electron chi connectivity index (χ4n) is 3.62. The Bertz CT molecular complexity index is 954. The van der Waals surface area contributed by atoms with Gasteiger partial charge in [-0.2, -0.15) is 0 Å². The van der Waals surface area contributed by atoms with Crippen LogP contribution in [0.5, 0.6) is 0 Å². The molecule has 0 aliphatic carbocycles. The lowest BCUT2D eigenvalue weighted by molar-refractivity contribution is 0.0599. The van der Waals surface area contributed by atoms with E-state index in [0.29, 0.717) is 22.5 Å². The second kappa shape index (κ2) is 8.88. The highest BCUT2D eigenvalue weighted by Crippen LogP contribution is 2.24. The number of hydrogen-bond donors (Lipinski definition) is 2. The topological polar surface area (TPSA) is 71.2 Å². The number of hydrogen-bond acceptors (Lipinski definition) is 4. The third kappa shape index (κ3) is 4.30. The number of ketones is 1. The lowest BCUT2D eigenvalue weighted by Crippen LogP contribution is -2.37. The van der Waals surface area contributed by atoms with Gasteiger partial charge in [-0.1, -0.05) is 60.7 Å². The standard InChI is InChI=1S/C24H26N2O3/c1-15-20(24(28)29-4)16(2)25-21(15)23(27)17(3)26-22(18-11-7-5-8-12-18)19-13-9-6-10-14-19/h5-14,17,22,25-26H,1-4H3/t17-/m1/s1. The van der Waals surface area contributed by atoms with Crippen molar-refractivity contribution in [3.63, 3.8) is 0 Å². The fourth-order valence-corrected chi connectivity index (χ4v) is 3.62. The van der Waals surface area contributed by atoms with Gasteiger partial charge in [0.05, 0.1) is 30.5 Å². The molecule has 1 atom stereocenters. The second-order valence-corrected chi connectivity index (χ2v) is 7.12. The molecule has 2 N–H and O–H groups in total. The van der Waals surface area contributed by atoms with Gasteiger partial charge in [0.25, 0.3) is 0 Å². The maximum absolute atomic E-state index is 13.2. The van der Waals surface area contributed by atoms with E-state index in [1.54, 1.807) is 13.8 Å². The van der Waals surface area contributed by atoms with E-state index >= 15 is 0 Å². The van der Waals surface area contributed by atoms with Crippen molar-refractivity contribution >= 4 is 11.8 Å². The van der Waals surface area contributed by atoms with Crippen LogP contribution < -0.4 is 5.32 Å². The molecule has 0 spiro atoms. The molecule has 1 aromatic heterocycles. The first-order valence-electron chi connectivity index (χ1n) is 9.61. The van der Waals surface area contributed by atoms with Crippen LogP contribution in [0, 0.1) is 13.8 Å². The number of benzene rings is 2. The van der Waals surface area contributed by atoms with Crippen molar-refractivity contribution in [1.82, 2.24) is 10.3 Å². The highest BCUT2D eigenvalue weighted by molar-refractivity contribution is 6.03. The zero-order valence-electron chi connectivity index (χ0n) is 17.2. The summed E-state index contributed by atoms with van der Waals surface area (Å²) in [6.45, 7) is 5.38.